The van der Waals surface area contributed by atoms with E-state index in [0.29, 0.717) is 5.92 Å². The summed E-state index contributed by atoms with van der Waals surface area (Å²) in [4.78, 5) is 0. The normalized spacial score (nSPS) is 19.6. The summed E-state index contributed by atoms with van der Waals surface area (Å²) >= 11 is 0. The highest BCUT2D eigenvalue weighted by Gasteiger charge is 2.27. The average molecular weight is 221 g/mol. The number of hydrogen-bond acceptors (Lipinski definition) is 2. The third kappa shape index (κ3) is 2.01. The quantitative estimate of drug-likeness (QED) is 0.834. The Balaban J connectivity index is 2.37. The maximum atomic E-state index is 6.02. The van der Waals surface area contributed by atoms with Crippen LogP contribution in [0.2, 0.25) is 0 Å². The van der Waals surface area contributed by atoms with Gasteiger partial charge in [0.2, 0.25) is 0 Å². The van der Waals surface area contributed by atoms with Crippen LogP contribution in [0, 0.1) is 0 Å². The molecule has 0 saturated heterocycles. The summed E-state index contributed by atoms with van der Waals surface area (Å²) in [7, 11) is 0. The van der Waals surface area contributed by atoms with Gasteiger partial charge in [0.15, 0.2) is 0 Å². The number of hydrogen-bond donors (Lipinski definition) is 1. The van der Waals surface area contributed by atoms with E-state index in [0.717, 1.165) is 5.69 Å². The molecule has 1 aliphatic carbocycles. The average Bonchev–Trinajstić information content (AvgIpc) is 2.44. The van der Waals surface area contributed by atoms with Crippen molar-refractivity contribution in [2.45, 2.75) is 64.5 Å². The number of aromatic nitrogens is 2. The summed E-state index contributed by atoms with van der Waals surface area (Å²) < 4.78 is 2.10. The van der Waals surface area contributed by atoms with Crippen LogP contribution in [0.4, 0.5) is 0 Å². The van der Waals surface area contributed by atoms with Gasteiger partial charge in [0, 0.05) is 12.0 Å². The maximum absolute atomic E-state index is 6.02. The van der Waals surface area contributed by atoms with Crippen LogP contribution in [0.3, 0.4) is 0 Å². The molecule has 1 saturated carbocycles. The van der Waals surface area contributed by atoms with Crippen LogP contribution in [0.1, 0.15) is 70.3 Å². The Morgan fingerprint density at radius 3 is 2.38 bits per heavy atom. The molecular formula is C13H23N3. The van der Waals surface area contributed by atoms with Crippen molar-refractivity contribution >= 4 is 0 Å². The molecule has 90 valence electrons. The number of nitrogens with zero attached hydrogens (tertiary/aromatic N) is 2. The lowest BCUT2D eigenvalue weighted by atomic mass is 9.83. The predicted molar refractivity (Wildman–Crippen MR) is 66.4 cm³/mol. The van der Waals surface area contributed by atoms with E-state index in [2.05, 4.69) is 31.5 Å². The number of nitrogens with two attached hydrogens (primary N) is 1. The van der Waals surface area contributed by atoms with Crippen molar-refractivity contribution in [3.63, 3.8) is 0 Å². The molecule has 3 heteroatoms. The van der Waals surface area contributed by atoms with Gasteiger partial charge in [-0.15, -0.1) is 0 Å². The monoisotopic (exact) mass is 221 g/mol. The minimum atomic E-state index is 0.0188. The van der Waals surface area contributed by atoms with Crippen LogP contribution in [0.25, 0.3) is 0 Å². The van der Waals surface area contributed by atoms with Crippen LogP contribution in [0.5, 0.6) is 0 Å². The smallest absolute Gasteiger partial charge is 0.0659 e. The predicted octanol–water partition coefficient (Wildman–Crippen LogP) is 2.93. The molecule has 0 spiro atoms. The lowest BCUT2D eigenvalue weighted by Crippen LogP contribution is -2.28. The van der Waals surface area contributed by atoms with Crippen molar-refractivity contribution in [1.29, 1.82) is 0 Å². The second-order valence-electron chi connectivity index (χ2n) is 5.99. The van der Waals surface area contributed by atoms with Crippen molar-refractivity contribution in [2.75, 3.05) is 0 Å². The summed E-state index contributed by atoms with van der Waals surface area (Å²) in [6, 6.07) is 2.26. The molecule has 1 atom stereocenters. The van der Waals surface area contributed by atoms with Gasteiger partial charge in [0.05, 0.1) is 16.9 Å². The molecule has 0 radical (unpaired) electrons. The summed E-state index contributed by atoms with van der Waals surface area (Å²) in [5, 5.41) is 4.76. The third-order valence-electron chi connectivity index (χ3n) is 3.38. The van der Waals surface area contributed by atoms with Crippen molar-refractivity contribution < 1.29 is 0 Å². The van der Waals surface area contributed by atoms with Gasteiger partial charge in [-0.25, -0.2) is 0 Å². The van der Waals surface area contributed by atoms with Gasteiger partial charge in [-0.1, -0.05) is 6.42 Å². The third-order valence-corrected chi connectivity index (χ3v) is 3.38. The van der Waals surface area contributed by atoms with E-state index < -0.39 is 0 Å². The highest BCUT2D eigenvalue weighted by molar-refractivity contribution is 5.19. The topological polar surface area (TPSA) is 43.8 Å². The zero-order valence-electron chi connectivity index (χ0n) is 10.8. The fourth-order valence-corrected chi connectivity index (χ4v) is 2.18. The molecule has 2 N–H and O–H groups in total. The van der Waals surface area contributed by atoms with E-state index in [4.69, 9.17) is 10.8 Å². The molecule has 0 unspecified atom stereocenters. The Bertz CT molecular complexity index is 367. The molecule has 0 aromatic carbocycles. The summed E-state index contributed by atoms with van der Waals surface area (Å²) in [6.07, 6.45) is 3.93. The van der Waals surface area contributed by atoms with Gasteiger partial charge in [0.25, 0.3) is 0 Å². The van der Waals surface area contributed by atoms with Gasteiger partial charge in [-0.2, -0.15) is 5.10 Å². The van der Waals surface area contributed by atoms with Crippen molar-refractivity contribution in [1.82, 2.24) is 9.78 Å². The minimum absolute atomic E-state index is 0.0188. The van der Waals surface area contributed by atoms with E-state index in [-0.39, 0.29) is 11.6 Å². The second-order valence-corrected chi connectivity index (χ2v) is 5.99. The Morgan fingerprint density at radius 2 is 2.06 bits per heavy atom. The molecule has 0 aliphatic heterocycles. The van der Waals surface area contributed by atoms with Crippen molar-refractivity contribution in [3.8, 4) is 0 Å². The molecule has 3 nitrogen and oxygen atoms in total. The number of rotatable bonds is 2. The van der Waals surface area contributed by atoms with Crippen LogP contribution < -0.4 is 5.73 Å². The zero-order valence-corrected chi connectivity index (χ0v) is 10.8. The molecule has 1 heterocycles. The molecule has 0 amide bonds. The van der Waals surface area contributed by atoms with Gasteiger partial charge in [0.1, 0.15) is 0 Å². The zero-order chi connectivity index (χ0) is 11.9. The molecule has 0 bridgehead atoms. The van der Waals surface area contributed by atoms with Gasteiger partial charge in [-0.05, 0) is 46.6 Å². The van der Waals surface area contributed by atoms with E-state index in [9.17, 15) is 0 Å². The van der Waals surface area contributed by atoms with E-state index in [1.807, 2.05) is 6.92 Å². The SMILES string of the molecule is C[C@H](N)c1cc(C2CCC2)nn1C(C)(C)C. The van der Waals surface area contributed by atoms with E-state index in [1.54, 1.807) is 0 Å². The lowest BCUT2D eigenvalue weighted by Gasteiger charge is -2.25. The standard InChI is InChI=1S/C13H23N3/c1-9(14)12-8-11(10-6-5-7-10)15-16(12)13(2,3)4/h8-10H,5-7,14H2,1-4H3/t9-/m0/s1. The van der Waals surface area contributed by atoms with E-state index >= 15 is 0 Å². The van der Waals surface area contributed by atoms with Crippen LogP contribution in [-0.2, 0) is 5.54 Å². The first-order valence-electron chi connectivity index (χ1n) is 6.25. The summed E-state index contributed by atoms with van der Waals surface area (Å²) in [5.41, 5.74) is 8.45. The van der Waals surface area contributed by atoms with Crippen LogP contribution in [-0.4, -0.2) is 9.78 Å². The summed E-state index contributed by atoms with van der Waals surface area (Å²) in [6.45, 7) is 8.56. The minimum Gasteiger partial charge on any atom is -0.323 e. The molecule has 1 aliphatic rings. The van der Waals surface area contributed by atoms with Crippen LogP contribution >= 0.6 is 0 Å². The Hall–Kier alpha value is -0.830. The Kier molecular flexibility index (Phi) is 2.82. The maximum Gasteiger partial charge on any atom is 0.0659 e. The lowest BCUT2D eigenvalue weighted by molar-refractivity contribution is 0.327. The highest BCUT2D eigenvalue weighted by Crippen LogP contribution is 2.37. The Morgan fingerprint density at radius 1 is 1.44 bits per heavy atom. The fourth-order valence-electron chi connectivity index (χ4n) is 2.18. The molecule has 1 aromatic rings. The van der Waals surface area contributed by atoms with Crippen LogP contribution in [0.15, 0.2) is 6.07 Å². The summed E-state index contributed by atoms with van der Waals surface area (Å²) in [5.74, 6) is 0.682. The van der Waals surface area contributed by atoms with Crippen molar-refractivity contribution in [2.24, 2.45) is 5.73 Å². The molecule has 16 heavy (non-hydrogen) atoms. The van der Waals surface area contributed by atoms with Gasteiger partial charge in [-0.3, -0.25) is 4.68 Å². The highest BCUT2D eigenvalue weighted by atomic mass is 15.3. The largest absolute Gasteiger partial charge is 0.323 e. The first-order chi connectivity index (χ1) is 7.39. The Labute approximate surface area is 98.0 Å². The van der Waals surface area contributed by atoms with E-state index in [1.165, 1.54) is 25.0 Å². The van der Waals surface area contributed by atoms with Gasteiger partial charge < -0.3 is 5.73 Å². The first-order valence-corrected chi connectivity index (χ1v) is 6.25. The first kappa shape index (κ1) is 11.6. The molecule has 1 fully saturated rings. The van der Waals surface area contributed by atoms with Crippen molar-refractivity contribution in [3.05, 3.63) is 17.5 Å². The molecular weight excluding hydrogens is 198 g/mol. The van der Waals surface area contributed by atoms with Gasteiger partial charge >= 0.3 is 0 Å². The molecule has 1 aromatic heterocycles. The second kappa shape index (κ2) is 3.88. The fraction of sp³-hybridized carbons (Fsp3) is 0.769. The molecule has 2 rings (SSSR count).